The highest BCUT2D eigenvalue weighted by Gasteiger charge is 2.30. The molecule has 3 aromatic carbocycles. The van der Waals surface area contributed by atoms with Crippen LogP contribution in [-0.2, 0) is 12.6 Å². The first-order valence-corrected chi connectivity index (χ1v) is 9.64. The number of carbonyl (C=O) groups is 1. The molecule has 1 aromatic heterocycles. The molecule has 4 aromatic rings. The molecule has 0 aliphatic carbocycles. The van der Waals surface area contributed by atoms with Gasteiger partial charge in [-0.25, -0.2) is 4.79 Å². The average Bonchev–Trinajstić information content (AvgIpc) is 3.10. The molecule has 0 saturated carbocycles. The number of hydrogen-bond acceptors (Lipinski definition) is 2. The zero-order valence-electron chi connectivity index (χ0n) is 15.0. The van der Waals surface area contributed by atoms with E-state index in [4.69, 9.17) is 5.11 Å². The van der Waals surface area contributed by atoms with Crippen LogP contribution in [0, 0.1) is 0 Å². The summed E-state index contributed by atoms with van der Waals surface area (Å²) < 4.78 is 39.9. The fraction of sp³-hybridized carbons (Fsp3) is 0.0870. The van der Waals surface area contributed by atoms with Crippen molar-refractivity contribution in [3.05, 3.63) is 94.4 Å². The minimum atomic E-state index is -4.36. The van der Waals surface area contributed by atoms with Gasteiger partial charge in [0.2, 0.25) is 0 Å². The Morgan fingerprint density at radius 1 is 0.931 bits per heavy atom. The number of hydrogen-bond donors (Lipinski definition) is 1. The van der Waals surface area contributed by atoms with E-state index in [-0.39, 0.29) is 5.56 Å². The van der Waals surface area contributed by atoms with Crippen molar-refractivity contribution in [2.24, 2.45) is 0 Å². The third kappa shape index (κ3) is 4.03. The number of rotatable bonds is 4. The number of thiophene rings is 1. The predicted octanol–water partition coefficient (Wildman–Crippen LogP) is 6.88. The van der Waals surface area contributed by atoms with E-state index >= 15 is 0 Å². The lowest BCUT2D eigenvalue weighted by Gasteiger charge is -2.08. The topological polar surface area (TPSA) is 37.3 Å². The van der Waals surface area contributed by atoms with Gasteiger partial charge in [0, 0.05) is 16.0 Å². The Morgan fingerprint density at radius 3 is 2.34 bits per heavy atom. The quantitative estimate of drug-likeness (QED) is 0.397. The van der Waals surface area contributed by atoms with Crippen LogP contribution in [-0.4, -0.2) is 11.1 Å². The molecule has 146 valence electrons. The average molecular weight is 412 g/mol. The first kappa shape index (κ1) is 19.2. The van der Waals surface area contributed by atoms with Crippen LogP contribution >= 0.6 is 11.3 Å². The Kier molecular flexibility index (Phi) is 4.88. The summed E-state index contributed by atoms with van der Waals surface area (Å²) in [5.74, 6) is -0.978. The molecule has 0 unspecified atom stereocenters. The molecule has 0 spiro atoms. The fourth-order valence-electron chi connectivity index (χ4n) is 3.28. The highest BCUT2D eigenvalue weighted by atomic mass is 32.1. The number of alkyl halides is 3. The smallest absolute Gasteiger partial charge is 0.416 e. The molecule has 0 saturated heterocycles. The second-order valence-electron chi connectivity index (χ2n) is 6.69. The number of carboxylic acid groups (broad SMARTS) is 1. The maximum atomic E-state index is 13.0. The second kappa shape index (κ2) is 7.37. The van der Waals surface area contributed by atoms with Crippen molar-refractivity contribution in [2.75, 3.05) is 0 Å². The van der Waals surface area contributed by atoms with E-state index in [0.717, 1.165) is 32.2 Å². The lowest BCUT2D eigenvalue weighted by Crippen LogP contribution is -2.05. The highest BCUT2D eigenvalue weighted by molar-refractivity contribution is 7.19. The Bertz CT molecular complexity index is 1190. The number of benzene rings is 3. The van der Waals surface area contributed by atoms with Gasteiger partial charge in [-0.2, -0.15) is 13.2 Å². The van der Waals surface area contributed by atoms with Crippen LogP contribution < -0.4 is 0 Å². The number of fused-ring (bicyclic) bond motifs is 1. The normalized spacial score (nSPS) is 11.7. The van der Waals surface area contributed by atoms with E-state index in [0.29, 0.717) is 12.0 Å². The molecule has 0 bridgehead atoms. The maximum Gasteiger partial charge on any atom is 0.416 e. The van der Waals surface area contributed by atoms with Crippen LogP contribution in [0.4, 0.5) is 13.2 Å². The van der Waals surface area contributed by atoms with Crippen molar-refractivity contribution >= 4 is 27.4 Å². The van der Waals surface area contributed by atoms with Gasteiger partial charge >= 0.3 is 12.1 Å². The van der Waals surface area contributed by atoms with E-state index in [1.807, 2.05) is 24.3 Å². The highest BCUT2D eigenvalue weighted by Crippen LogP contribution is 2.36. The van der Waals surface area contributed by atoms with E-state index in [2.05, 4.69) is 0 Å². The Hall–Kier alpha value is -3.12. The Morgan fingerprint density at radius 2 is 1.66 bits per heavy atom. The molecular weight excluding hydrogens is 397 g/mol. The molecule has 4 rings (SSSR count). The fourth-order valence-corrected chi connectivity index (χ4v) is 4.51. The van der Waals surface area contributed by atoms with Crippen LogP contribution in [0.1, 0.15) is 26.4 Å². The van der Waals surface area contributed by atoms with Gasteiger partial charge in [0.05, 0.1) is 11.1 Å². The molecule has 0 fully saturated rings. The van der Waals surface area contributed by atoms with Gasteiger partial charge in [-0.1, -0.05) is 48.5 Å². The molecule has 1 heterocycles. The molecule has 0 radical (unpaired) electrons. The van der Waals surface area contributed by atoms with Crippen LogP contribution in [0.5, 0.6) is 0 Å². The lowest BCUT2D eigenvalue weighted by atomic mass is 10.0. The summed E-state index contributed by atoms with van der Waals surface area (Å²) in [5.41, 5.74) is 2.05. The van der Waals surface area contributed by atoms with Gasteiger partial charge in [-0.05, 0) is 46.3 Å². The zero-order valence-corrected chi connectivity index (χ0v) is 15.8. The van der Waals surface area contributed by atoms with Crippen molar-refractivity contribution in [1.82, 2.24) is 0 Å². The standard InChI is InChI=1S/C23H15F3O2S/c24-23(25,26)18-5-1-3-14(11-18)12-19-13-17-4-2-6-20(21(17)29-19)15-7-9-16(10-8-15)22(27)28/h1-11,13H,12H2,(H,27,28). The molecule has 29 heavy (non-hydrogen) atoms. The first-order valence-electron chi connectivity index (χ1n) is 8.82. The first-order chi connectivity index (χ1) is 13.8. The predicted molar refractivity (Wildman–Crippen MR) is 108 cm³/mol. The van der Waals surface area contributed by atoms with Crippen LogP contribution in [0.25, 0.3) is 21.2 Å². The monoisotopic (exact) mass is 412 g/mol. The molecular formula is C23H15F3O2S. The summed E-state index contributed by atoms with van der Waals surface area (Å²) in [6.07, 6.45) is -3.94. The summed E-state index contributed by atoms with van der Waals surface area (Å²) in [5, 5.41) is 10.1. The van der Waals surface area contributed by atoms with E-state index in [1.165, 1.54) is 23.5 Å². The van der Waals surface area contributed by atoms with E-state index in [1.54, 1.807) is 30.3 Å². The number of carboxylic acids is 1. The summed E-state index contributed by atoms with van der Waals surface area (Å²) in [7, 11) is 0. The van der Waals surface area contributed by atoms with Crippen molar-refractivity contribution in [3.8, 4) is 11.1 Å². The van der Waals surface area contributed by atoms with Crippen molar-refractivity contribution in [3.63, 3.8) is 0 Å². The third-order valence-electron chi connectivity index (χ3n) is 4.67. The van der Waals surface area contributed by atoms with Crippen molar-refractivity contribution in [2.45, 2.75) is 12.6 Å². The van der Waals surface area contributed by atoms with Crippen LogP contribution in [0.15, 0.2) is 72.8 Å². The van der Waals surface area contributed by atoms with Gasteiger partial charge in [-0.3, -0.25) is 0 Å². The summed E-state index contributed by atoms with van der Waals surface area (Å²) >= 11 is 1.54. The molecule has 0 aliphatic rings. The number of aromatic carboxylic acids is 1. The lowest BCUT2D eigenvalue weighted by molar-refractivity contribution is -0.137. The SMILES string of the molecule is O=C(O)c1ccc(-c2cccc3cc(Cc4cccc(C(F)(F)F)c4)sc23)cc1. The summed E-state index contributed by atoms with van der Waals surface area (Å²) in [6, 6.07) is 19.9. The molecule has 0 atom stereocenters. The van der Waals surface area contributed by atoms with Crippen LogP contribution in [0.3, 0.4) is 0 Å². The van der Waals surface area contributed by atoms with Gasteiger partial charge in [-0.15, -0.1) is 11.3 Å². The Balaban J connectivity index is 1.69. The van der Waals surface area contributed by atoms with E-state index < -0.39 is 17.7 Å². The maximum absolute atomic E-state index is 13.0. The zero-order chi connectivity index (χ0) is 20.6. The van der Waals surface area contributed by atoms with Crippen LogP contribution in [0.2, 0.25) is 0 Å². The number of halogens is 3. The third-order valence-corrected chi connectivity index (χ3v) is 5.85. The minimum absolute atomic E-state index is 0.220. The van der Waals surface area contributed by atoms with E-state index in [9.17, 15) is 18.0 Å². The van der Waals surface area contributed by atoms with Crippen molar-refractivity contribution < 1.29 is 23.1 Å². The molecule has 6 heteroatoms. The second-order valence-corrected chi connectivity index (χ2v) is 7.83. The molecule has 2 nitrogen and oxygen atoms in total. The summed E-state index contributed by atoms with van der Waals surface area (Å²) in [6.45, 7) is 0. The molecule has 0 amide bonds. The van der Waals surface area contributed by atoms with Gasteiger partial charge in [0.1, 0.15) is 0 Å². The minimum Gasteiger partial charge on any atom is -0.478 e. The molecule has 1 N–H and O–H groups in total. The largest absolute Gasteiger partial charge is 0.478 e. The Labute approximate surface area is 168 Å². The van der Waals surface area contributed by atoms with Gasteiger partial charge < -0.3 is 5.11 Å². The van der Waals surface area contributed by atoms with Gasteiger partial charge in [0.25, 0.3) is 0 Å². The van der Waals surface area contributed by atoms with Gasteiger partial charge in [0.15, 0.2) is 0 Å². The summed E-state index contributed by atoms with van der Waals surface area (Å²) in [4.78, 5) is 12.0. The molecule has 0 aliphatic heterocycles. The van der Waals surface area contributed by atoms with Crippen molar-refractivity contribution in [1.29, 1.82) is 0 Å².